The summed E-state index contributed by atoms with van der Waals surface area (Å²) >= 11 is 0. The first-order chi connectivity index (χ1) is 21.2. The van der Waals surface area contributed by atoms with Gasteiger partial charge in [-0.3, -0.25) is 0 Å². The number of nitrogens with two attached hydrogens (primary N) is 1. The number of fused-ring (bicyclic) bond motifs is 1. The Labute approximate surface area is 248 Å². The molecular formula is C30H25F4N5O5. The molecule has 0 aliphatic heterocycles. The van der Waals surface area contributed by atoms with Gasteiger partial charge in [0.1, 0.15) is 29.9 Å². The maximum Gasteiger partial charge on any atom is 0.410 e. The summed E-state index contributed by atoms with van der Waals surface area (Å²) in [5.74, 6) is -1.22. The number of hydrogen-bond donors (Lipinski definition) is 1. The molecule has 0 aliphatic rings. The highest BCUT2D eigenvalue weighted by molar-refractivity contribution is 5.94. The average molecular weight is 612 g/mol. The molecule has 228 valence electrons. The van der Waals surface area contributed by atoms with Crippen LogP contribution >= 0.6 is 0 Å². The van der Waals surface area contributed by atoms with Crippen LogP contribution in [-0.4, -0.2) is 45.5 Å². The second-order valence-corrected chi connectivity index (χ2v) is 9.23. The van der Waals surface area contributed by atoms with E-state index in [4.69, 9.17) is 24.7 Å². The van der Waals surface area contributed by atoms with Crippen LogP contribution in [0.2, 0.25) is 0 Å². The third kappa shape index (κ3) is 6.04. The lowest BCUT2D eigenvalue weighted by Crippen LogP contribution is -2.20. The molecule has 2 aromatic carbocycles. The number of methoxy groups -OCH3 is 1. The number of carbonyl (C=O) groups is 1. The Morgan fingerprint density at radius 3 is 2.45 bits per heavy atom. The topological polar surface area (TPSA) is 124 Å². The molecule has 0 fully saturated rings. The number of amides is 1. The van der Waals surface area contributed by atoms with Crippen molar-refractivity contribution in [3.63, 3.8) is 0 Å². The summed E-state index contributed by atoms with van der Waals surface area (Å²) in [6, 6.07) is 14.6. The van der Waals surface area contributed by atoms with Crippen LogP contribution in [0.3, 0.4) is 0 Å². The molecule has 5 rings (SSSR count). The smallest absolute Gasteiger partial charge is 0.410 e. The van der Waals surface area contributed by atoms with E-state index in [0.29, 0.717) is 12.0 Å². The van der Waals surface area contributed by atoms with Crippen molar-refractivity contribution < 1.29 is 41.3 Å². The van der Waals surface area contributed by atoms with Crippen molar-refractivity contribution in [3.8, 4) is 40.2 Å². The SMILES string of the molecule is CCc1c(-c2ncc(OC(N)=O)cc2OC)n(-c2ccc(OCc3ccccc3)c(F)c2)c2c(OC(F)C(F)F)ncnc12. The summed E-state index contributed by atoms with van der Waals surface area (Å²) < 4.78 is 78.6. The number of aryl methyl sites for hydroxylation is 1. The number of hydrogen-bond acceptors (Lipinski definition) is 8. The van der Waals surface area contributed by atoms with Gasteiger partial charge in [-0.15, -0.1) is 0 Å². The molecular weight excluding hydrogens is 586 g/mol. The minimum absolute atomic E-state index is 0.0224. The van der Waals surface area contributed by atoms with Crippen molar-refractivity contribution in [2.24, 2.45) is 5.73 Å². The van der Waals surface area contributed by atoms with E-state index in [-0.39, 0.29) is 52.0 Å². The predicted molar refractivity (Wildman–Crippen MR) is 150 cm³/mol. The molecule has 1 amide bonds. The fraction of sp³-hybridized carbons (Fsp3) is 0.200. The highest BCUT2D eigenvalue weighted by Gasteiger charge is 2.30. The number of benzene rings is 2. The number of carbonyl (C=O) groups excluding carboxylic acids is 1. The molecule has 0 saturated carbocycles. The Morgan fingerprint density at radius 2 is 1.80 bits per heavy atom. The normalized spacial score (nSPS) is 11.9. The van der Waals surface area contributed by atoms with Crippen LogP contribution in [0, 0.1) is 5.82 Å². The van der Waals surface area contributed by atoms with Crippen LogP contribution in [0.1, 0.15) is 18.1 Å². The summed E-state index contributed by atoms with van der Waals surface area (Å²) in [6.45, 7) is 1.90. The van der Waals surface area contributed by atoms with Crippen molar-refractivity contribution in [1.82, 2.24) is 19.5 Å². The number of halogens is 4. The second-order valence-electron chi connectivity index (χ2n) is 9.23. The van der Waals surface area contributed by atoms with Crippen molar-refractivity contribution in [3.05, 3.63) is 84.1 Å². The number of nitrogens with zero attached hydrogens (tertiary/aromatic N) is 4. The van der Waals surface area contributed by atoms with Crippen molar-refractivity contribution >= 4 is 17.1 Å². The zero-order chi connectivity index (χ0) is 31.4. The third-order valence-electron chi connectivity index (χ3n) is 6.48. The summed E-state index contributed by atoms with van der Waals surface area (Å²) in [5.41, 5.74) is 7.23. The lowest BCUT2D eigenvalue weighted by Gasteiger charge is -2.17. The average Bonchev–Trinajstić information content (AvgIpc) is 3.35. The summed E-state index contributed by atoms with van der Waals surface area (Å²) in [7, 11) is 1.34. The molecule has 0 radical (unpaired) electrons. The molecule has 0 bridgehead atoms. The van der Waals surface area contributed by atoms with E-state index in [2.05, 4.69) is 15.0 Å². The van der Waals surface area contributed by atoms with Gasteiger partial charge in [0.2, 0.25) is 5.88 Å². The van der Waals surface area contributed by atoms with E-state index in [1.165, 1.54) is 36.1 Å². The van der Waals surface area contributed by atoms with Gasteiger partial charge in [0.25, 0.3) is 6.36 Å². The molecule has 44 heavy (non-hydrogen) atoms. The highest BCUT2D eigenvalue weighted by atomic mass is 19.3. The second kappa shape index (κ2) is 12.9. The number of ether oxygens (including phenoxy) is 4. The quantitative estimate of drug-likeness (QED) is 0.176. The number of rotatable bonds is 11. The monoisotopic (exact) mass is 611 g/mol. The van der Waals surface area contributed by atoms with Crippen LogP contribution < -0.4 is 24.7 Å². The minimum atomic E-state index is -3.47. The Kier molecular flexibility index (Phi) is 8.78. The molecule has 5 aromatic rings. The van der Waals surface area contributed by atoms with Crippen molar-refractivity contribution in [2.45, 2.75) is 32.7 Å². The molecule has 0 saturated heterocycles. The fourth-order valence-electron chi connectivity index (χ4n) is 4.64. The van der Waals surface area contributed by atoms with Crippen LogP contribution in [0.4, 0.5) is 22.4 Å². The van der Waals surface area contributed by atoms with Gasteiger partial charge in [-0.2, -0.15) is 9.37 Å². The molecule has 3 heterocycles. The molecule has 1 unspecified atom stereocenters. The first-order valence-corrected chi connectivity index (χ1v) is 13.2. The number of primary amides is 1. The lowest BCUT2D eigenvalue weighted by molar-refractivity contribution is -0.0683. The van der Waals surface area contributed by atoms with E-state index in [1.807, 2.05) is 30.3 Å². The third-order valence-corrected chi connectivity index (χ3v) is 6.48. The van der Waals surface area contributed by atoms with Crippen LogP contribution in [0.5, 0.6) is 23.1 Å². The first-order valence-electron chi connectivity index (χ1n) is 13.2. The standard InChI is InChI=1S/C30H25F4N5O5/c1-3-19-23-26(29(38-15-37-23)44-28(34)27(32)33)39(25(19)24-22(41-2)12-18(13-36-24)43-30(35)40)17-9-10-21(20(31)11-17)42-14-16-7-5-4-6-8-16/h4-13,15,27-28H,3,14H2,1-2H3,(H2,35,40). The van der Waals surface area contributed by atoms with E-state index < -0.39 is 30.6 Å². The summed E-state index contributed by atoms with van der Waals surface area (Å²) in [4.78, 5) is 24.0. The van der Waals surface area contributed by atoms with Gasteiger partial charge in [0, 0.05) is 23.4 Å². The number of aromatic nitrogens is 4. The Hall–Kier alpha value is -5.40. The predicted octanol–water partition coefficient (Wildman–Crippen LogP) is 6.17. The Bertz CT molecular complexity index is 1800. The zero-order valence-electron chi connectivity index (χ0n) is 23.3. The van der Waals surface area contributed by atoms with Gasteiger partial charge in [0.15, 0.2) is 17.3 Å². The number of pyridine rings is 1. The van der Waals surface area contributed by atoms with Crippen LogP contribution in [0.25, 0.3) is 28.1 Å². The minimum Gasteiger partial charge on any atom is -0.494 e. The van der Waals surface area contributed by atoms with Gasteiger partial charge in [-0.1, -0.05) is 37.3 Å². The molecule has 14 heteroatoms. The van der Waals surface area contributed by atoms with E-state index in [1.54, 1.807) is 6.92 Å². The highest BCUT2D eigenvalue weighted by Crippen LogP contribution is 2.42. The fourth-order valence-corrected chi connectivity index (χ4v) is 4.64. The Morgan fingerprint density at radius 1 is 1.02 bits per heavy atom. The van der Waals surface area contributed by atoms with Crippen molar-refractivity contribution in [2.75, 3.05) is 7.11 Å². The van der Waals surface area contributed by atoms with E-state index >= 15 is 4.39 Å². The molecule has 2 N–H and O–H groups in total. The number of alkyl halides is 3. The molecule has 10 nitrogen and oxygen atoms in total. The van der Waals surface area contributed by atoms with Crippen LogP contribution in [-0.2, 0) is 13.0 Å². The molecule has 0 aliphatic carbocycles. The first kappa shape index (κ1) is 30.1. The van der Waals surface area contributed by atoms with Crippen LogP contribution in [0.15, 0.2) is 67.1 Å². The van der Waals surface area contributed by atoms with Crippen molar-refractivity contribution in [1.29, 1.82) is 0 Å². The summed E-state index contributed by atoms with van der Waals surface area (Å²) in [5, 5.41) is 0. The van der Waals surface area contributed by atoms with Gasteiger partial charge >= 0.3 is 12.5 Å². The van der Waals surface area contributed by atoms with E-state index in [9.17, 15) is 18.0 Å². The van der Waals surface area contributed by atoms with Gasteiger partial charge in [-0.05, 0) is 24.1 Å². The van der Waals surface area contributed by atoms with Gasteiger partial charge in [0.05, 0.1) is 24.5 Å². The molecule has 0 spiro atoms. The lowest BCUT2D eigenvalue weighted by atomic mass is 10.1. The maximum atomic E-state index is 15.5. The zero-order valence-corrected chi connectivity index (χ0v) is 23.3. The van der Waals surface area contributed by atoms with Gasteiger partial charge < -0.3 is 29.2 Å². The molecule has 3 aromatic heterocycles. The largest absolute Gasteiger partial charge is 0.494 e. The summed E-state index contributed by atoms with van der Waals surface area (Å²) in [6.07, 6.45) is -5.00. The Balaban J connectivity index is 1.73. The van der Waals surface area contributed by atoms with Gasteiger partial charge in [-0.25, -0.2) is 27.9 Å². The van der Waals surface area contributed by atoms with E-state index in [0.717, 1.165) is 18.0 Å². The molecule has 1 atom stereocenters. The maximum absolute atomic E-state index is 15.5.